The van der Waals surface area contributed by atoms with Crippen LogP contribution in [0.1, 0.15) is 16.7 Å². The van der Waals surface area contributed by atoms with Crippen LogP contribution in [0.4, 0.5) is 0 Å². The third kappa shape index (κ3) is 7.63. The van der Waals surface area contributed by atoms with Gasteiger partial charge >= 0.3 is 56.9 Å². The predicted octanol–water partition coefficient (Wildman–Crippen LogP) is 0.974. The Morgan fingerprint density at radius 1 is 1.71 bits per heavy atom. The summed E-state index contributed by atoms with van der Waals surface area (Å²) in [7, 11) is -1.91. The Hall–Kier alpha value is 1.63. The first-order valence-electron chi connectivity index (χ1n) is 1.80. The maximum atomic E-state index is 9.85. The first-order valence-corrected chi connectivity index (χ1v) is 3.08. The Balaban J connectivity index is -0.0000000417. The Morgan fingerprint density at radius 2 is 1.86 bits per heavy atom. The molecule has 0 fully saturated rings. The fourth-order valence-electron chi connectivity index (χ4n) is 0. The van der Waals surface area contributed by atoms with Crippen molar-refractivity contribution in [3.05, 3.63) is 0 Å². The zero-order valence-electron chi connectivity index (χ0n) is 6.59. The molecule has 4 heteroatoms. The quantitative estimate of drug-likeness (QED) is 0.553. The van der Waals surface area contributed by atoms with Crippen molar-refractivity contribution in [3.8, 4) is 0 Å². The van der Waals surface area contributed by atoms with Gasteiger partial charge in [-0.2, -0.15) is 4.89 Å². The van der Waals surface area contributed by atoms with Crippen molar-refractivity contribution in [2.45, 2.75) is 19.5 Å². The molecule has 0 bridgehead atoms. The average Bonchev–Trinajstić information content (AvgIpc) is 1.36. The van der Waals surface area contributed by atoms with Crippen molar-refractivity contribution < 1.29 is 12.3 Å². The molecule has 2 nitrogen and oxygen atoms in total. The van der Waals surface area contributed by atoms with E-state index in [1.807, 2.05) is 0 Å². The largest absolute Gasteiger partial charge is 2.00 e. The normalized spacial score (nSPS) is 10.6. The first-order chi connectivity index (χ1) is 2.64. The third-order valence-electron chi connectivity index (χ3n) is 0.442. The van der Waals surface area contributed by atoms with Crippen LogP contribution in [0, 0.1) is 0 Å². The summed E-state index contributed by atoms with van der Waals surface area (Å²) in [5, 5.41) is 0. The van der Waals surface area contributed by atoms with E-state index in [-0.39, 0.29) is 57.4 Å². The van der Waals surface area contributed by atoms with Gasteiger partial charge in [0.25, 0.3) is 0 Å². The number of hydrogen-bond donors (Lipinski definition) is 1. The smallest absolute Gasteiger partial charge is 1.00 e. The van der Waals surface area contributed by atoms with Crippen LogP contribution < -0.4 is 0 Å². The van der Waals surface area contributed by atoms with E-state index in [0.29, 0.717) is 0 Å². The van der Waals surface area contributed by atoms with Gasteiger partial charge in [-0.05, 0) is 18.4 Å². The van der Waals surface area contributed by atoms with E-state index in [9.17, 15) is 4.57 Å². The summed E-state index contributed by atoms with van der Waals surface area (Å²) >= 11 is 0. The molecule has 1 atom stereocenters. The van der Waals surface area contributed by atoms with Crippen molar-refractivity contribution >= 4 is 56.9 Å². The molecule has 1 unspecified atom stereocenters. The summed E-state index contributed by atoms with van der Waals surface area (Å²) < 4.78 is 9.85. The van der Waals surface area contributed by atoms with Crippen LogP contribution in [0.15, 0.2) is 0 Å². The van der Waals surface area contributed by atoms with Crippen LogP contribution in [-0.2, 0) is 4.57 Å². The molecule has 0 aliphatic rings. The van der Waals surface area contributed by atoms with Gasteiger partial charge in [-0.25, -0.2) is 0 Å². The summed E-state index contributed by atoms with van der Waals surface area (Å²) in [5.41, 5.74) is -0.0833. The topological polar surface area (TPSA) is 37.3 Å². The Morgan fingerprint density at radius 3 is 1.86 bits per heavy atom. The molecule has 0 amide bonds. The molecule has 0 aromatic carbocycles. The molecular weight excluding hydrogens is 236 g/mol. The number of hydrogen-bond acceptors (Lipinski definition) is 1. The maximum Gasteiger partial charge on any atom is 2.00 e. The second-order valence-electron chi connectivity index (χ2n) is 1.40. The van der Waals surface area contributed by atoms with Crippen LogP contribution in [0.25, 0.3) is 0 Å². The average molecular weight is 246 g/mol. The summed E-state index contributed by atoms with van der Waals surface area (Å²) in [4.78, 5) is 8.14. The SMILES string of the molecule is CC(C)[P+](=O)O.[Ba+2].[H-].[H-]. The minimum absolute atomic E-state index is 0. The van der Waals surface area contributed by atoms with E-state index in [2.05, 4.69) is 0 Å². The summed E-state index contributed by atoms with van der Waals surface area (Å²) in [5.74, 6) is 0. The Labute approximate surface area is 87.6 Å². The second kappa shape index (κ2) is 5.76. The molecule has 7 heavy (non-hydrogen) atoms. The van der Waals surface area contributed by atoms with Gasteiger partial charge in [-0.1, -0.05) is 0 Å². The van der Waals surface area contributed by atoms with Gasteiger partial charge in [0, 0.05) is 0 Å². The molecule has 0 saturated carbocycles. The van der Waals surface area contributed by atoms with E-state index in [1.165, 1.54) is 0 Å². The molecule has 0 spiro atoms. The molecule has 0 radical (unpaired) electrons. The predicted molar refractivity (Wildman–Crippen MR) is 32.9 cm³/mol. The van der Waals surface area contributed by atoms with Crippen molar-refractivity contribution in [3.63, 3.8) is 0 Å². The van der Waals surface area contributed by atoms with Crippen LogP contribution >= 0.6 is 8.03 Å². The van der Waals surface area contributed by atoms with E-state index in [4.69, 9.17) is 4.89 Å². The molecule has 0 aliphatic heterocycles. The summed E-state index contributed by atoms with van der Waals surface area (Å²) in [6.07, 6.45) is 0. The van der Waals surface area contributed by atoms with Crippen molar-refractivity contribution in [2.24, 2.45) is 0 Å². The van der Waals surface area contributed by atoms with Gasteiger partial charge in [0.2, 0.25) is 0 Å². The van der Waals surface area contributed by atoms with E-state index in [0.717, 1.165) is 0 Å². The molecule has 0 aromatic heterocycles. The summed E-state index contributed by atoms with van der Waals surface area (Å²) in [6.45, 7) is 3.41. The van der Waals surface area contributed by atoms with Crippen LogP contribution in [0.3, 0.4) is 0 Å². The fraction of sp³-hybridized carbons (Fsp3) is 1.00. The molecule has 0 rings (SSSR count). The van der Waals surface area contributed by atoms with Gasteiger partial charge in [0.1, 0.15) is 0 Å². The zero-order chi connectivity index (χ0) is 5.15. The number of rotatable bonds is 1. The van der Waals surface area contributed by atoms with Crippen LogP contribution in [0.2, 0.25) is 0 Å². The van der Waals surface area contributed by atoms with Crippen LogP contribution in [-0.4, -0.2) is 59.4 Å². The molecule has 40 valence electrons. The molecule has 0 saturated heterocycles. The van der Waals surface area contributed by atoms with Gasteiger partial charge in [0.05, 0.1) is 0 Å². The monoisotopic (exact) mass is 247 g/mol. The molecule has 0 aromatic rings. The van der Waals surface area contributed by atoms with E-state index >= 15 is 0 Å². The molecule has 0 aliphatic carbocycles. The standard InChI is InChI=1S/C3H7O2P.Ba.2H/c1-3(2)6(4)5;;;/h3H,1-2H3;;;/q;+2;2*-1/p+1. The van der Waals surface area contributed by atoms with E-state index < -0.39 is 8.03 Å². The molecular formula is C3H10BaO2P+. The molecule has 0 heterocycles. The van der Waals surface area contributed by atoms with Crippen molar-refractivity contribution in [1.29, 1.82) is 0 Å². The fourth-order valence-corrected chi connectivity index (χ4v) is 0. The van der Waals surface area contributed by atoms with Crippen LogP contribution in [0.5, 0.6) is 0 Å². The zero-order valence-corrected chi connectivity index (χ0v) is 9.92. The van der Waals surface area contributed by atoms with Crippen molar-refractivity contribution in [1.82, 2.24) is 0 Å². The second-order valence-corrected chi connectivity index (χ2v) is 3.03. The molecule has 1 N–H and O–H groups in total. The van der Waals surface area contributed by atoms with Gasteiger partial charge in [-0.15, -0.1) is 0 Å². The maximum absolute atomic E-state index is 9.85. The van der Waals surface area contributed by atoms with Gasteiger partial charge in [0.15, 0.2) is 5.66 Å². The van der Waals surface area contributed by atoms with Gasteiger partial charge < -0.3 is 2.85 Å². The van der Waals surface area contributed by atoms with Gasteiger partial charge in [-0.3, -0.25) is 0 Å². The third-order valence-corrected chi connectivity index (χ3v) is 1.33. The Kier molecular flexibility index (Phi) is 9.41. The minimum atomic E-state index is -1.91. The summed E-state index contributed by atoms with van der Waals surface area (Å²) in [6, 6.07) is 0. The van der Waals surface area contributed by atoms with Crippen molar-refractivity contribution in [2.75, 3.05) is 0 Å². The minimum Gasteiger partial charge on any atom is -1.00 e. The van der Waals surface area contributed by atoms with E-state index in [1.54, 1.807) is 13.8 Å². The Bertz CT molecular complexity index is 70.8. The first kappa shape index (κ1) is 11.4.